The van der Waals surface area contributed by atoms with E-state index in [0.29, 0.717) is 42.7 Å². The number of halogens is 1. The van der Waals surface area contributed by atoms with Gasteiger partial charge in [0.05, 0.1) is 24.4 Å². The number of amides is 2. The van der Waals surface area contributed by atoms with Gasteiger partial charge in [0.2, 0.25) is 0 Å². The van der Waals surface area contributed by atoms with Gasteiger partial charge >= 0.3 is 6.03 Å². The normalized spacial score (nSPS) is 14.4. The molecule has 1 aromatic carbocycles. The van der Waals surface area contributed by atoms with Gasteiger partial charge in [-0.15, -0.1) is 0 Å². The number of benzene rings is 1. The van der Waals surface area contributed by atoms with Crippen LogP contribution in [-0.2, 0) is 25.9 Å². The Hall–Kier alpha value is -2.38. The lowest BCUT2D eigenvalue weighted by molar-refractivity contribution is 0.190. The highest BCUT2D eigenvalue weighted by molar-refractivity contribution is 6.32. The Balaban J connectivity index is 1.60. The summed E-state index contributed by atoms with van der Waals surface area (Å²) in [5, 5.41) is 12.7. The highest BCUT2D eigenvalue weighted by Gasteiger charge is 2.22. The first-order valence-electron chi connectivity index (χ1n) is 9.30. The maximum Gasteiger partial charge on any atom is 0.318 e. The quantitative estimate of drug-likeness (QED) is 0.772. The number of hydrogen-bond acceptors (Lipinski definition) is 5. The predicted molar refractivity (Wildman–Crippen MR) is 106 cm³/mol. The van der Waals surface area contributed by atoms with E-state index in [4.69, 9.17) is 16.3 Å². The summed E-state index contributed by atoms with van der Waals surface area (Å²) in [6, 6.07) is 5.31. The van der Waals surface area contributed by atoms with Crippen molar-refractivity contribution in [3.63, 3.8) is 0 Å². The number of carbonyl (C=O) groups excluding carboxylic acids is 1. The largest absolute Gasteiger partial charge is 0.495 e. The molecule has 7 nitrogen and oxygen atoms in total. The van der Waals surface area contributed by atoms with E-state index in [1.165, 1.54) is 0 Å². The number of hydrogen-bond donors (Lipinski definition) is 2. The molecular weight excluding hydrogens is 380 g/mol. The van der Waals surface area contributed by atoms with Crippen molar-refractivity contribution in [3.05, 3.63) is 52.1 Å². The van der Waals surface area contributed by atoms with Crippen LogP contribution in [0.5, 0.6) is 5.75 Å². The van der Waals surface area contributed by atoms with Crippen molar-refractivity contribution in [1.82, 2.24) is 20.2 Å². The second-order valence-corrected chi connectivity index (χ2v) is 7.46. The first-order chi connectivity index (χ1) is 13.5. The van der Waals surface area contributed by atoms with Crippen molar-refractivity contribution in [2.75, 3.05) is 20.3 Å². The third-order valence-electron chi connectivity index (χ3n) is 4.79. The molecule has 2 amide bonds. The molecule has 0 spiro atoms. The fourth-order valence-electron chi connectivity index (χ4n) is 3.10. The number of ether oxygens (including phenoxy) is 1. The molecule has 1 aliphatic heterocycles. The molecule has 0 fully saturated rings. The minimum atomic E-state index is -0.138. The lowest BCUT2D eigenvalue weighted by atomic mass is 10.1. The Kier molecular flexibility index (Phi) is 6.70. The van der Waals surface area contributed by atoms with Gasteiger partial charge in [0, 0.05) is 32.3 Å². The van der Waals surface area contributed by atoms with E-state index in [2.05, 4.69) is 15.3 Å². The number of aliphatic hydroxyl groups is 1. The molecule has 28 heavy (non-hydrogen) atoms. The topological polar surface area (TPSA) is 87.6 Å². The van der Waals surface area contributed by atoms with Crippen molar-refractivity contribution >= 4 is 17.6 Å². The molecule has 0 saturated carbocycles. The summed E-state index contributed by atoms with van der Waals surface area (Å²) in [5.41, 5.74) is 2.86. The Labute approximate surface area is 169 Å². The smallest absolute Gasteiger partial charge is 0.318 e. The van der Waals surface area contributed by atoms with Crippen LogP contribution < -0.4 is 10.1 Å². The van der Waals surface area contributed by atoms with E-state index < -0.39 is 0 Å². The first kappa shape index (κ1) is 20.4. The summed E-state index contributed by atoms with van der Waals surface area (Å²) >= 11 is 6.13. The highest BCUT2D eigenvalue weighted by Crippen LogP contribution is 2.25. The summed E-state index contributed by atoms with van der Waals surface area (Å²) in [5.74, 6) is 1.42. The van der Waals surface area contributed by atoms with Crippen LogP contribution in [0.4, 0.5) is 4.79 Å². The summed E-state index contributed by atoms with van der Waals surface area (Å²) in [6.07, 6.45) is 3.19. The number of rotatable bonds is 6. The average Bonchev–Trinajstić information content (AvgIpc) is 2.71. The third-order valence-corrected chi connectivity index (χ3v) is 5.08. The van der Waals surface area contributed by atoms with Crippen molar-refractivity contribution < 1.29 is 14.6 Å². The molecule has 0 aliphatic carbocycles. The van der Waals surface area contributed by atoms with Crippen molar-refractivity contribution in [2.45, 2.75) is 32.9 Å². The number of aromatic nitrogens is 2. The second kappa shape index (κ2) is 9.21. The van der Waals surface area contributed by atoms with Crippen LogP contribution in [0.15, 0.2) is 24.4 Å². The van der Waals surface area contributed by atoms with Gasteiger partial charge in [-0.05, 0) is 35.6 Å². The SMILES string of the molecule is COc1ccc(CNC(=O)N2CCc3cnc(C[C@@H](C)CO)nc3C2)cc1Cl. The lowest BCUT2D eigenvalue weighted by Gasteiger charge is -2.28. The molecule has 8 heteroatoms. The van der Waals surface area contributed by atoms with Gasteiger partial charge in [-0.25, -0.2) is 14.8 Å². The Morgan fingerprint density at radius 1 is 1.46 bits per heavy atom. The van der Waals surface area contributed by atoms with E-state index in [-0.39, 0.29) is 18.6 Å². The number of urea groups is 1. The zero-order chi connectivity index (χ0) is 20.1. The second-order valence-electron chi connectivity index (χ2n) is 7.05. The fraction of sp³-hybridized carbons (Fsp3) is 0.450. The maximum atomic E-state index is 12.6. The van der Waals surface area contributed by atoms with Crippen molar-refractivity contribution in [3.8, 4) is 5.75 Å². The van der Waals surface area contributed by atoms with Crippen LogP contribution in [0.3, 0.4) is 0 Å². The number of carbonyl (C=O) groups is 1. The summed E-state index contributed by atoms with van der Waals surface area (Å²) in [4.78, 5) is 23.3. The first-order valence-corrected chi connectivity index (χ1v) is 9.67. The monoisotopic (exact) mass is 404 g/mol. The molecule has 0 saturated heterocycles. The molecule has 2 N–H and O–H groups in total. The molecule has 150 valence electrons. The molecule has 0 radical (unpaired) electrons. The minimum Gasteiger partial charge on any atom is -0.495 e. The Morgan fingerprint density at radius 2 is 2.29 bits per heavy atom. The zero-order valence-corrected chi connectivity index (χ0v) is 16.9. The lowest BCUT2D eigenvalue weighted by Crippen LogP contribution is -2.42. The number of methoxy groups -OCH3 is 1. The maximum absolute atomic E-state index is 12.6. The molecule has 3 rings (SSSR count). The summed E-state index contributed by atoms with van der Waals surface area (Å²) in [7, 11) is 1.57. The van der Waals surface area contributed by atoms with Gasteiger partial charge in [-0.2, -0.15) is 0 Å². The highest BCUT2D eigenvalue weighted by atomic mass is 35.5. The Bertz CT molecular complexity index is 846. The molecule has 2 heterocycles. The van der Waals surface area contributed by atoms with Crippen LogP contribution >= 0.6 is 11.6 Å². The number of fused-ring (bicyclic) bond motifs is 1. The van der Waals surface area contributed by atoms with E-state index >= 15 is 0 Å². The van der Waals surface area contributed by atoms with E-state index in [1.54, 1.807) is 24.1 Å². The van der Waals surface area contributed by atoms with Gasteiger partial charge in [-0.1, -0.05) is 24.6 Å². The number of aliphatic hydroxyl groups excluding tert-OH is 1. The van der Waals surface area contributed by atoms with Gasteiger partial charge < -0.3 is 20.1 Å². The van der Waals surface area contributed by atoms with Crippen molar-refractivity contribution in [1.29, 1.82) is 0 Å². The van der Waals surface area contributed by atoms with E-state index in [0.717, 1.165) is 23.2 Å². The van der Waals surface area contributed by atoms with Crippen LogP contribution in [0, 0.1) is 5.92 Å². The van der Waals surface area contributed by atoms with E-state index in [1.807, 2.05) is 19.2 Å². The molecule has 1 atom stereocenters. The molecule has 2 aromatic rings. The average molecular weight is 405 g/mol. The van der Waals surface area contributed by atoms with Gasteiger partial charge in [0.1, 0.15) is 11.6 Å². The molecular formula is C20H25ClN4O3. The predicted octanol–water partition coefficient (Wildman–Crippen LogP) is 2.58. The number of nitrogens with zero attached hydrogens (tertiary/aromatic N) is 3. The number of nitrogens with one attached hydrogen (secondary N) is 1. The Morgan fingerprint density at radius 3 is 3.00 bits per heavy atom. The zero-order valence-electron chi connectivity index (χ0n) is 16.1. The van der Waals surface area contributed by atoms with Gasteiger partial charge in [0.15, 0.2) is 0 Å². The third kappa shape index (κ3) is 4.91. The van der Waals surface area contributed by atoms with Crippen molar-refractivity contribution in [2.24, 2.45) is 5.92 Å². The molecule has 1 aromatic heterocycles. The van der Waals surface area contributed by atoms with Crippen LogP contribution in [0.2, 0.25) is 5.02 Å². The van der Waals surface area contributed by atoms with Crippen LogP contribution in [0.25, 0.3) is 0 Å². The van der Waals surface area contributed by atoms with Crippen LogP contribution in [0.1, 0.15) is 29.6 Å². The molecule has 1 aliphatic rings. The van der Waals surface area contributed by atoms with Crippen LogP contribution in [-0.4, -0.2) is 46.3 Å². The van der Waals surface area contributed by atoms with Gasteiger partial charge in [-0.3, -0.25) is 0 Å². The molecule has 0 bridgehead atoms. The summed E-state index contributed by atoms with van der Waals surface area (Å²) < 4.78 is 5.14. The molecule has 0 unspecified atom stereocenters. The van der Waals surface area contributed by atoms with Gasteiger partial charge in [0.25, 0.3) is 0 Å². The summed E-state index contributed by atoms with van der Waals surface area (Å²) in [6.45, 7) is 3.51. The minimum absolute atomic E-state index is 0.102. The standard InChI is InChI=1S/C20H25ClN4O3/c1-13(12-26)7-19-22-10-15-5-6-25(11-17(15)24-19)20(27)23-9-14-3-4-18(28-2)16(21)8-14/h3-4,8,10,13,26H,5-7,9,11-12H2,1-2H3,(H,23,27)/t13-/m1/s1. The fourth-order valence-corrected chi connectivity index (χ4v) is 3.38. The van der Waals surface area contributed by atoms with E-state index in [9.17, 15) is 9.90 Å².